The summed E-state index contributed by atoms with van der Waals surface area (Å²) in [5, 5.41) is 8.90. The van der Waals surface area contributed by atoms with Crippen molar-refractivity contribution >= 4 is 43.3 Å². The zero-order chi connectivity index (χ0) is 20.5. The van der Waals surface area contributed by atoms with Gasteiger partial charge < -0.3 is 5.11 Å². The van der Waals surface area contributed by atoms with E-state index in [0.717, 1.165) is 25.0 Å². The number of nitrogens with zero attached hydrogens (tertiary/aromatic N) is 1. The van der Waals surface area contributed by atoms with Gasteiger partial charge in [-0.1, -0.05) is 11.6 Å². The summed E-state index contributed by atoms with van der Waals surface area (Å²) in [6, 6.07) is 8.50. The highest BCUT2D eigenvalue weighted by Gasteiger charge is 2.29. The van der Waals surface area contributed by atoms with E-state index in [2.05, 4.69) is 4.72 Å². The Hall–Kier alpha value is -2.14. The van der Waals surface area contributed by atoms with Crippen LogP contribution in [0, 0.1) is 0 Å². The van der Waals surface area contributed by atoms with Crippen LogP contribution in [0.4, 0.5) is 5.69 Å². The van der Waals surface area contributed by atoms with E-state index in [9.17, 15) is 21.6 Å². The quantitative estimate of drug-likeness (QED) is 0.706. The van der Waals surface area contributed by atoms with E-state index in [1.807, 2.05) is 0 Å². The van der Waals surface area contributed by atoms with Gasteiger partial charge in [-0.15, -0.1) is 0 Å². The number of rotatable bonds is 6. The Balaban J connectivity index is 1.91. The average molecular weight is 445 g/mol. The molecule has 0 atom stereocenters. The predicted octanol–water partition coefficient (Wildman–Crippen LogP) is 2.62. The van der Waals surface area contributed by atoms with Gasteiger partial charge in [0.2, 0.25) is 10.0 Å². The van der Waals surface area contributed by atoms with Crippen LogP contribution in [0.1, 0.15) is 23.2 Å². The van der Waals surface area contributed by atoms with E-state index < -0.39 is 26.0 Å². The lowest BCUT2D eigenvalue weighted by atomic mass is 10.2. The molecule has 1 saturated heterocycles. The van der Waals surface area contributed by atoms with Crippen molar-refractivity contribution in [1.29, 1.82) is 0 Å². The molecule has 0 saturated carbocycles. The van der Waals surface area contributed by atoms with Crippen LogP contribution in [0.5, 0.6) is 0 Å². The molecule has 1 aliphatic rings. The van der Waals surface area contributed by atoms with E-state index in [-0.39, 0.29) is 26.1 Å². The minimum Gasteiger partial charge on any atom is -0.478 e. The van der Waals surface area contributed by atoms with E-state index in [1.54, 1.807) is 0 Å². The first-order valence-corrected chi connectivity index (χ1v) is 11.6. The van der Waals surface area contributed by atoms with Gasteiger partial charge in [-0.25, -0.2) is 21.6 Å². The summed E-state index contributed by atoms with van der Waals surface area (Å²) in [6.45, 7) is 0.787. The lowest BCUT2D eigenvalue weighted by Crippen LogP contribution is -2.28. The summed E-state index contributed by atoms with van der Waals surface area (Å²) in [5.41, 5.74) is -0.0195. The largest absolute Gasteiger partial charge is 0.478 e. The highest BCUT2D eigenvalue weighted by atomic mass is 35.5. The van der Waals surface area contributed by atoms with E-state index in [0.29, 0.717) is 13.1 Å². The molecule has 0 unspecified atom stereocenters. The van der Waals surface area contributed by atoms with Crippen LogP contribution in [0.3, 0.4) is 0 Å². The van der Waals surface area contributed by atoms with Crippen LogP contribution < -0.4 is 4.72 Å². The molecule has 3 rings (SSSR count). The van der Waals surface area contributed by atoms with Crippen molar-refractivity contribution in [2.45, 2.75) is 22.6 Å². The lowest BCUT2D eigenvalue weighted by molar-refractivity contribution is 0.0696. The van der Waals surface area contributed by atoms with Gasteiger partial charge in [0.05, 0.1) is 21.2 Å². The third kappa shape index (κ3) is 4.14. The molecular formula is C17H17ClN2O6S2. The summed E-state index contributed by atoms with van der Waals surface area (Å²) >= 11 is 6.06. The first kappa shape index (κ1) is 20.6. The second-order valence-corrected chi connectivity index (χ2v) is 10.2. The highest BCUT2D eigenvalue weighted by molar-refractivity contribution is 7.92. The Labute approximate surface area is 167 Å². The van der Waals surface area contributed by atoms with Crippen molar-refractivity contribution in [2.75, 3.05) is 17.8 Å². The molecule has 2 aromatic rings. The molecule has 0 bridgehead atoms. The number of sulfonamides is 2. The molecule has 1 fully saturated rings. The Morgan fingerprint density at radius 2 is 1.61 bits per heavy atom. The fourth-order valence-corrected chi connectivity index (χ4v) is 5.89. The van der Waals surface area contributed by atoms with Gasteiger partial charge in [-0.2, -0.15) is 4.31 Å². The second-order valence-electron chi connectivity index (χ2n) is 6.19. The molecule has 150 valence electrons. The summed E-state index contributed by atoms with van der Waals surface area (Å²) < 4.78 is 54.2. The number of halogens is 1. The third-order valence-electron chi connectivity index (χ3n) is 4.28. The van der Waals surface area contributed by atoms with Crippen LogP contribution in [-0.2, 0) is 20.0 Å². The Morgan fingerprint density at radius 1 is 1.00 bits per heavy atom. The maximum atomic E-state index is 12.8. The number of carboxylic acid groups (broad SMARTS) is 1. The second kappa shape index (κ2) is 7.70. The number of hydrogen-bond acceptors (Lipinski definition) is 5. The average Bonchev–Trinajstić information content (AvgIpc) is 3.18. The molecule has 1 aliphatic heterocycles. The SMILES string of the molecule is O=C(O)c1ccc(S(=O)(=O)Nc2ccc(Cl)c(S(=O)(=O)N3CCCC3)c2)cc1. The summed E-state index contributed by atoms with van der Waals surface area (Å²) in [4.78, 5) is 10.6. The number of anilines is 1. The van der Waals surface area contributed by atoms with Crippen molar-refractivity contribution in [2.24, 2.45) is 0 Å². The standard InChI is InChI=1S/C17H17ClN2O6S2/c18-15-8-5-13(11-16(15)28(25,26)20-9-1-2-10-20)19-27(23,24)14-6-3-12(4-7-14)17(21)22/h3-8,11,19H,1-2,9-10H2,(H,21,22). The van der Waals surface area contributed by atoms with Crippen LogP contribution >= 0.6 is 11.6 Å². The Kier molecular flexibility index (Phi) is 5.67. The van der Waals surface area contributed by atoms with E-state index >= 15 is 0 Å². The monoisotopic (exact) mass is 444 g/mol. The van der Waals surface area contributed by atoms with Gasteiger partial charge in [-0.05, 0) is 55.3 Å². The molecule has 2 aromatic carbocycles. The summed E-state index contributed by atoms with van der Waals surface area (Å²) in [5.74, 6) is -1.17. The first-order chi connectivity index (χ1) is 13.1. The maximum absolute atomic E-state index is 12.8. The number of benzene rings is 2. The maximum Gasteiger partial charge on any atom is 0.335 e. The van der Waals surface area contributed by atoms with Gasteiger partial charge in [0.25, 0.3) is 10.0 Å². The molecule has 28 heavy (non-hydrogen) atoms. The smallest absolute Gasteiger partial charge is 0.335 e. The fraction of sp³-hybridized carbons (Fsp3) is 0.235. The molecule has 11 heteroatoms. The summed E-state index contributed by atoms with van der Waals surface area (Å²) in [7, 11) is -7.87. The van der Waals surface area contributed by atoms with Crippen LogP contribution in [0.25, 0.3) is 0 Å². The number of carboxylic acids is 1. The zero-order valence-corrected chi connectivity index (χ0v) is 16.9. The minimum atomic E-state index is -4.04. The number of hydrogen-bond donors (Lipinski definition) is 2. The van der Waals surface area contributed by atoms with Crippen molar-refractivity contribution in [1.82, 2.24) is 4.31 Å². The molecule has 0 radical (unpaired) electrons. The topological polar surface area (TPSA) is 121 Å². The molecule has 0 aromatic heterocycles. The Bertz CT molecular complexity index is 1110. The molecular weight excluding hydrogens is 428 g/mol. The van der Waals surface area contributed by atoms with Gasteiger partial charge in [0.15, 0.2) is 0 Å². The van der Waals surface area contributed by atoms with Gasteiger partial charge in [0.1, 0.15) is 4.90 Å². The molecule has 1 heterocycles. The minimum absolute atomic E-state index is 0.000610. The third-order valence-corrected chi connectivity index (χ3v) is 8.06. The molecule has 2 N–H and O–H groups in total. The number of carbonyl (C=O) groups is 1. The van der Waals surface area contributed by atoms with Crippen molar-refractivity contribution < 1.29 is 26.7 Å². The molecule has 8 nitrogen and oxygen atoms in total. The van der Waals surface area contributed by atoms with Gasteiger partial charge >= 0.3 is 5.97 Å². The van der Waals surface area contributed by atoms with Gasteiger partial charge in [-0.3, -0.25) is 4.72 Å². The molecule has 0 amide bonds. The number of nitrogens with one attached hydrogen (secondary N) is 1. The zero-order valence-electron chi connectivity index (χ0n) is 14.5. The predicted molar refractivity (Wildman–Crippen MR) is 104 cm³/mol. The van der Waals surface area contributed by atoms with Crippen molar-refractivity contribution in [3.63, 3.8) is 0 Å². The van der Waals surface area contributed by atoms with Gasteiger partial charge in [0, 0.05) is 13.1 Å². The van der Waals surface area contributed by atoms with Crippen LogP contribution in [0.2, 0.25) is 5.02 Å². The Morgan fingerprint density at radius 3 is 2.18 bits per heavy atom. The highest BCUT2D eigenvalue weighted by Crippen LogP contribution is 2.30. The lowest BCUT2D eigenvalue weighted by Gasteiger charge is -2.17. The van der Waals surface area contributed by atoms with E-state index in [4.69, 9.17) is 16.7 Å². The fourth-order valence-electron chi connectivity index (χ4n) is 2.82. The van der Waals surface area contributed by atoms with Crippen LogP contribution in [-0.4, -0.2) is 45.3 Å². The number of aromatic carboxylic acids is 1. The molecule has 0 spiro atoms. The van der Waals surface area contributed by atoms with E-state index in [1.165, 1.54) is 34.6 Å². The first-order valence-electron chi connectivity index (χ1n) is 8.27. The van der Waals surface area contributed by atoms with Crippen LogP contribution in [0.15, 0.2) is 52.3 Å². The van der Waals surface area contributed by atoms with Crippen molar-refractivity contribution in [3.05, 3.63) is 53.1 Å². The normalized spacial score (nSPS) is 15.5. The molecule has 0 aliphatic carbocycles. The van der Waals surface area contributed by atoms with Crippen molar-refractivity contribution in [3.8, 4) is 0 Å². The summed E-state index contributed by atoms with van der Waals surface area (Å²) in [6.07, 6.45) is 1.52.